The van der Waals surface area contributed by atoms with Gasteiger partial charge in [-0.05, 0) is 54.8 Å². The third-order valence-corrected chi connectivity index (χ3v) is 6.35. The second-order valence-electron chi connectivity index (χ2n) is 8.52. The smallest absolute Gasteiger partial charge is 0.255 e. The minimum absolute atomic E-state index is 0.179. The fourth-order valence-electron chi connectivity index (χ4n) is 4.62. The molecule has 2 aliphatic heterocycles. The summed E-state index contributed by atoms with van der Waals surface area (Å²) in [6.07, 6.45) is 2.55. The average molecular weight is 444 g/mol. The fraction of sp³-hybridized carbons (Fsp3) is 0.280. The van der Waals surface area contributed by atoms with E-state index in [4.69, 9.17) is 9.72 Å². The van der Waals surface area contributed by atoms with Crippen LogP contribution in [0.2, 0.25) is 0 Å². The van der Waals surface area contributed by atoms with Crippen molar-refractivity contribution in [1.82, 2.24) is 19.8 Å². The number of aryl methyl sites for hydroxylation is 2. The molecule has 5 rings (SSSR count). The number of imide groups is 1. The Morgan fingerprint density at radius 1 is 1.09 bits per heavy atom. The summed E-state index contributed by atoms with van der Waals surface area (Å²) in [5.74, 6) is 0.786. The monoisotopic (exact) mass is 444 g/mol. The number of rotatable bonds is 4. The van der Waals surface area contributed by atoms with Crippen LogP contribution in [0.25, 0.3) is 22.6 Å². The molecular formula is C25H24N4O4. The van der Waals surface area contributed by atoms with Gasteiger partial charge in [-0.2, -0.15) is 0 Å². The van der Waals surface area contributed by atoms with E-state index in [1.807, 2.05) is 55.1 Å². The lowest BCUT2D eigenvalue weighted by Crippen LogP contribution is -2.52. The van der Waals surface area contributed by atoms with Gasteiger partial charge in [0.2, 0.25) is 11.8 Å². The van der Waals surface area contributed by atoms with E-state index in [1.54, 1.807) is 18.1 Å². The van der Waals surface area contributed by atoms with Crippen molar-refractivity contribution in [2.45, 2.75) is 32.4 Å². The van der Waals surface area contributed by atoms with E-state index in [0.29, 0.717) is 18.5 Å². The van der Waals surface area contributed by atoms with Gasteiger partial charge in [0, 0.05) is 42.9 Å². The Hall–Kier alpha value is -3.94. The number of piperidine rings is 1. The van der Waals surface area contributed by atoms with E-state index < -0.39 is 11.9 Å². The highest BCUT2D eigenvalue weighted by molar-refractivity contribution is 6.05. The number of imidazole rings is 1. The Kier molecular flexibility index (Phi) is 5.00. The van der Waals surface area contributed by atoms with E-state index in [9.17, 15) is 14.4 Å². The van der Waals surface area contributed by atoms with Crippen LogP contribution in [0, 0.1) is 6.92 Å². The second kappa shape index (κ2) is 7.88. The van der Waals surface area contributed by atoms with Gasteiger partial charge in [-0.15, -0.1) is 0 Å². The molecule has 8 nitrogen and oxygen atoms in total. The lowest BCUT2D eigenvalue weighted by molar-refractivity contribution is -0.136. The molecule has 0 spiro atoms. The molecule has 0 aliphatic carbocycles. The molecule has 0 bridgehead atoms. The number of nitrogens with zero attached hydrogens (tertiary/aromatic N) is 3. The summed E-state index contributed by atoms with van der Waals surface area (Å²) in [4.78, 5) is 43.1. The van der Waals surface area contributed by atoms with Gasteiger partial charge in [-0.3, -0.25) is 19.7 Å². The fourth-order valence-corrected chi connectivity index (χ4v) is 4.62. The molecule has 1 unspecified atom stereocenters. The van der Waals surface area contributed by atoms with E-state index in [2.05, 4.69) is 5.32 Å². The number of benzene rings is 2. The molecule has 2 aromatic carbocycles. The summed E-state index contributed by atoms with van der Waals surface area (Å²) in [5.41, 5.74) is 5.17. The zero-order valence-corrected chi connectivity index (χ0v) is 18.7. The molecule has 3 aromatic rings. The molecule has 8 heteroatoms. The summed E-state index contributed by atoms with van der Waals surface area (Å²) < 4.78 is 7.33. The number of fused-ring (bicyclic) bond motifs is 1. The number of hydrogen-bond acceptors (Lipinski definition) is 5. The first kappa shape index (κ1) is 20.9. The van der Waals surface area contributed by atoms with Crippen LogP contribution in [0.5, 0.6) is 5.75 Å². The van der Waals surface area contributed by atoms with Crippen molar-refractivity contribution in [3.63, 3.8) is 0 Å². The maximum Gasteiger partial charge on any atom is 0.255 e. The Balaban J connectivity index is 1.43. The molecule has 168 valence electrons. The number of amides is 3. The number of ether oxygens (including phenoxy) is 1. The van der Waals surface area contributed by atoms with Gasteiger partial charge in [-0.1, -0.05) is 6.07 Å². The lowest BCUT2D eigenvalue weighted by Gasteiger charge is -2.29. The van der Waals surface area contributed by atoms with Crippen molar-refractivity contribution in [3.05, 3.63) is 59.3 Å². The van der Waals surface area contributed by atoms with E-state index in [1.165, 1.54) is 0 Å². The molecule has 0 radical (unpaired) electrons. The summed E-state index contributed by atoms with van der Waals surface area (Å²) >= 11 is 0. The summed E-state index contributed by atoms with van der Waals surface area (Å²) in [7, 11) is 3.60. The van der Waals surface area contributed by atoms with Gasteiger partial charge in [0.25, 0.3) is 5.91 Å². The minimum Gasteiger partial charge on any atom is -0.496 e. The van der Waals surface area contributed by atoms with Gasteiger partial charge in [0.05, 0.1) is 12.8 Å². The predicted molar refractivity (Wildman–Crippen MR) is 121 cm³/mol. The van der Waals surface area contributed by atoms with E-state index >= 15 is 0 Å². The molecule has 1 saturated heterocycles. The number of methoxy groups -OCH3 is 1. The SMILES string of the molecule is COc1ccc(-c2nc(-c3ccc4c(c3)CN(C3CCC(=O)NC3=O)C4=O)cn2C)cc1C. The van der Waals surface area contributed by atoms with E-state index in [-0.39, 0.29) is 18.2 Å². The van der Waals surface area contributed by atoms with Gasteiger partial charge >= 0.3 is 0 Å². The molecule has 3 heterocycles. The maximum absolute atomic E-state index is 12.9. The highest BCUT2D eigenvalue weighted by Crippen LogP contribution is 2.32. The lowest BCUT2D eigenvalue weighted by atomic mass is 10.0. The number of hydrogen-bond donors (Lipinski definition) is 1. The van der Waals surface area contributed by atoms with Crippen LogP contribution in [-0.2, 0) is 23.2 Å². The molecule has 33 heavy (non-hydrogen) atoms. The van der Waals surface area contributed by atoms with Crippen molar-refractivity contribution in [3.8, 4) is 28.4 Å². The molecule has 1 atom stereocenters. The molecule has 1 fully saturated rings. The number of carbonyl (C=O) groups excluding carboxylic acids is 3. The molecule has 0 saturated carbocycles. The zero-order valence-electron chi connectivity index (χ0n) is 18.7. The Morgan fingerprint density at radius 2 is 1.88 bits per heavy atom. The van der Waals surface area contributed by atoms with Crippen LogP contribution in [0.15, 0.2) is 42.6 Å². The topological polar surface area (TPSA) is 93.5 Å². The normalized spacial score (nSPS) is 17.8. The van der Waals surface area contributed by atoms with E-state index in [0.717, 1.165) is 39.5 Å². The van der Waals surface area contributed by atoms with Crippen LogP contribution >= 0.6 is 0 Å². The molecule has 1 N–H and O–H groups in total. The largest absolute Gasteiger partial charge is 0.496 e. The molecule has 2 aliphatic rings. The highest BCUT2D eigenvalue weighted by Gasteiger charge is 2.39. The number of aromatic nitrogens is 2. The summed E-state index contributed by atoms with van der Waals surface area (Å²) in [5, 5.41) is 2.33. The Morgan fingerprint density at radius 3 is 2.61 bits per heavy atom. The highest BCUT2D eigenvalue weighted by atomic mass is 16.5. The average Bonchev–Trinajstić information content (AvgIpc) is 3.33. The van der Waals surface area contributed by atoms with Crippen molar-refractivity contribution in [1.29, 1.82) is 0 Å². The van der Waals surface area contributed by atoms with Crippen molar-refractivity contribution in [2.24, 2.45) is 7.05 Å². The number of nitrogens with one attached hydrogen (secondary N) is 1. The standard InChI is InChI=1S/C25H24N4O4/c1-14-10-16(5-8-21(14)33-3)23-26-19(13-28(23)2)15-4-6-18-17(11-15)12-29(25(18)32)20-7-9-22(30)27-24(20)31/h4-6,8,10-11,13,20H,7,9,12H2,1-3H3,(H,27,30,31). The van der Waals surface area contributed by atoms with Gasteiger partial charge < -0.3 is 14.2 Å². The third-order valence-electron chi connectivity index (χ3n) is 6.35. The Bertz CT molecular complexity index is 1310. The van der Waals surface area contributed by atoms with Crippen LogP contribution < -0.4 is 10.1 Å². The first-order chi connectivity index (χ1) is 15.9. The van der Waals surface area contributed by atoms with Crippen molar-refractivity contribution in [2.75, 3.05) is 7.11 Å². The van der Waals surface area contributed by atoms with Crippen LogP contribution in [0.4, 0.5) is 0 Å². The number of carbonyl (C=O) groups is 3. The Labute approximate surface area is 191 Å². The first-order valence-electron chi connectivity index (χ1n) is 10.8. The van der Waals surface area contributed by atoms with Crippen LogP contribution in [0.1, 0.15) is 34.3 Å². The van der Waals surface area contributed by atoms with Crippen LogP contribution in [-0.4, -0.2) is 45.3 Å². The predicted octanol–water partition coefficient (Wildman–Crippen LogP) is 2.83. The molecular weight excluding hydrogens is 420 g/mol. The van der Waals surface area contributed by atoms with Gasteiger partial charge in [-0.25, -0.2) is 4.98 Å². The van der Waals surface area contributed by atoms with Crippen LogP contribution in [0.3, 0.4) is 0 Å². The maximum atomic E-state index is 12.9. The molecule has 1 aromatic heterocycles. The first-order valence-corrected chi connectivity index (χ1v) is 10.8. The quantitative estimate of drug-likeness (QED) is 0.625. The molecule has 3 amide bonds. The summed E-state index contributed by atoms with van der Waals surface area (Å²) in [6, 6.07) is 11.0. The van der Waals surface area contributed by atoms with Gasteiger partial charge in [0.15, 0.2) is 0 Å². The zero-order chi connectivity index (χ0) is 23.3. The van der Waals surface area contributed by atoms with Crippen molar-refractivity contribution >= 4 is 17.7 Å². The second-order valence-corrected chi connectivity index (χ2v) is 8.52. The van der Waals surface area contributed by atoms with Gasteiger partial charge in [0.1, 0.15) is 17.6 Å². The minimum atomic E-state index is -0.620. The van der Waals surface area contributed by atoms with Crippen molar-refractivity contribution < 1.29 is 19.1 Å². The summed E-state index contributed by atoms with van der Waals surface area (Å²) in [6.45, 7) is 2.34. The third kappa shape index (κ3) is 3.57.